The van der Waals surface area contributed by atoms with Crippen molar-refractivity contribution in [2.45, 2.75) is 5.92 Å². The number of hydrazone groups is 1. The van der Waals surface area contributed by atoms with E-state index < -0.39 is 17.8 Å². The molecular formula is C30H24IN3O4. The Balaban J connectivity index is 1.28. The summed E-state index contributed by atoms with van der Waals surface area (Å²) in [4.78, 5) is 37.6. The summed E-state index contributed by atoms with van der Waals surface area (Å²) in [5.41, 5.74) is 5.26. The molecule has 0 spiro atoms. The highest BCUT2D eigenvalue weighted by molar-refractivity contribution is 14.1. The molecule has 7 nitrogen and oxygen atoms in total. The minimum absolute atomic E-state index is 0.223. The minimum Gasteiger partial charge on any atom is -0.423 e. The zero-order valence-electron chi connectivity index (χ0n) is 20.2. The summed E-state index contributed by atoms with van der Waals surface area (Å²) in [6.07, 6.45) is 1.46. The largest absolute Gasteiger partial charge is 0.423 e. The monoisotopic (exact) mass is 617 g/mol. The van der Waals surface area contributed by atoms with Crippen LogP contribution in [-0.2, 0) is 9.59 Å². The number of ether oxygens (including phenoxy) is 1. The lowest BCUT2D eigenvalue weighted by Crippen LogP contribution is -2.37. The normalized spacial score (nSPS) is 10.8. The lowest BCUT2D eigenvalue weighted by Gasteiger charge is -2.17. The molecule has 0 aromatic heterocycles. The first-order valence-corrected chi connectivity index (χ1v) is 12.9. The van der Waals surface area contributed by atoms with Gasteiger partial charge in [0, 0.05) is 3.57 Å². The number of nitrogens with one attached hydrogen (secondary N) is 2. The maximum absolute atomic E-state index is 13.0. The third-order valence-electron chi connectivity index (χ3n) is 5.54. The lowest BCUT2D eigenvalue weighted by molar-refractivity contribution is -0.126. The molecule has 0 aliphatic carbocycles. The van der Waals surface area contributed by atoms with E-state index in [0.717, 1.165) is 14.7 Å². The van der Waals surface area contributed by atoms with Crippen molar-refractivity contribution in [2.24, 2.45) is 5.10 Å². The van der Waals surface area contributed by atoms with Gasteiger partial charge in [-0.1, -0.05) is 72.8 Å². The molecule has 38 heavy (non-hydrogen) atoms. The quantitative estimate of drug-likeness (QED) is 0.0918. The summed E-state index contributed by atoms with van der Waals surface area (Å²) in [5.74, 6) is -1.32. The molecule has 190 valence electrons. The Bertz CT molecular complexity index is 1390. The van der Waals surface area contributed by atoms with Gasteiger partial charge in [0.2, 0.25) is 5.91 Å². The Labute approximate surface area is 234 Å². The van der Waals surface area contributed by atoms with Crippen LogP contribution >= 0.6 is 22.6 Å². The van der Waals surface area contributed by atoms with Crippen molar-refractivity contribution in [2.75, 3.05) is 6.54 Å². The SMILES string of the molecule is O=C(CNC(=O)C(c1ccccc1)c1ccccc1)NN=Cc1ccc(OC(=O)c2ccccc2I)cc1. The summed E-state index contributed by atoms with van der Waals surface area (Å²) in [5, 5.41) is 6.64. The number of carbonyl (C=O) groups excluding carboxylic acids is 3. The first-order chi connectivity index (χ1) is 18.5. The molecular weight excluding hydrogens is 593 g/mol. The number of nitrogens with zero attached hydrogens (tertiary/aromatic N) is 1. The van der Waals surface area contributed by atoms with Gasteiger partial charge in [0.05, 0.1) is 24.2 Å². The number of benzene rings is 4. The highest BCUT2D eigenvalue weighted by atomic mass is 127. The molecule has 2 N–H and O–H groups in total. The van der Waals surface area contributed by atoms with E-state index in [4.69, 9.17) is 4.74 Å². The van der Waals surface area contributed by atoms with E-state index in [0.29, 0.717) is 16.9 Å². The molecule has 0 fully saturated rings. The average Bonchev–Trinajstić information content (AvgIpc) is 2.94. The molecule has 8 heteroatoms. The van der Waals surface area contributed by atoms with Crippen LogP contribution in [0.25, 0.3) is 0 Å². The topological polar surface area (TPSA) is 96.9 Å². The fraction of sp³-hybridized carbons (Fsp3) is 0.0667. The molecule has 0 atom stereocenters. The molecule has 4 aromatic rings. The van der Waals surface area contributed by atoms with E-state index in [1.807, 2.05) is 72.8 Å². The zero-order chi connectivity index (χ0) is 26.7. The van der Waals surface area contributed by atoms with E-state index in [-0.39, 0.29) is 12.5 Å². The number of rotatable bonds is 9. The zero-order valence-corrected chi connectivity index (χ0v) is 22.4. The average molecular weight is 617 g/mol. The molecule has 2 amide bonds. The smallest absolute Gasteiger partial charge is 0.344 e. The molecule has 0 heterocycles. The summed E-state index contributed by atoms with van der Waals surface area (Å²) in [6, 6.07) is 32.7. The van der Waals surface area contributed by atoms with Gasteiger partial charge in [-0.25, -0.2) is 10.2 Å². The number of halogens is 1. The van der Waals surface area contributed by atoms with E-state index in [1.54, 1.807) is 36.4 Å². The molecule has 0 radical (unpaired) electrons. The summed E-state index contributed by atoms with van der Waals surface area (Å²) in [6.45, 7) is -0.223. The first kappa shape index (κ1) is 26.7. The van der Waals surface area contributed by atoms with Gasteiger partial charge in [0.1, 0.15) is 5.75 Å². The molecule has 0 saturated heterocycles. The second-order valence-corrected chi connectivity index (χ2v) is 9.37. The molecule has 0 aliphatic rings. The molecule has 4 rings (SSSR count). The maximum atomic E-state index is 13.0. The van der Waals surface area contributed by atoms with E-state index >= 15 is 0 Å². The Morgan fingerprint density at radius 2 is 1.37 bits per heavy atom. The van der Waals surface area contributed by atoms with Crippen LogP contribution in [-0.4, -0.2) is 30.5 Å². The van der Waals surface area contributed by atoms with Crippen LogP contribution in [0.15, 0.2) is 114 Å². The van der Waals surface area contributed by atoms with E-state index in [1.165, 1.54) is 6.21 Å². The molecule has 0 bridgehead atoms. The van der Waals surface area contributed by atoms with Crippen molar-refractivity contribution in [1.29, 1.82) is 0 Å². The molecule has 0 saturated carbocycles. The van der Waals surface area contributed by atoms with Crippen LogP contribution in [0.2, 0.25) is 0 Å². The highest BCUT2D eigenvalue weighted by Crippen LogP contribution is 2.24. The van der Waals surface area contributed by atoms with Gasteiger partial charge in [-0.15, -0.1) is 0 Å². The van der Waals surface area contributed by atoms with Crippen molar-refractivity contribution >= 4 is 46.6 Å². The second kappa shape index (κ2) is 13.3. The highest BCUT2D eigenvalue weighted by Gasteiger charge is 2.22. The third-order valence-corrected chi connectivity index (χ3v) is 6.48. The lowest BCUT2D eigenvalue weighted by atomic mass is 9.90. The molecule has 0 unspecified atom stereocenters. The van der Waals surface area contributed by atoms with Crippen molar-refractivity contribution in [3.05, 3.63) is 135 Å². The van der Waals surface area contributed by atoms with E-state index in [9.17, 15) is 14.4 Å². The standard InChI is InChI=1S/C30H24IN3O4/c31-26-14-8-7-13-25(26)30(37)38-24-17-15-21(16-18-24)19-33-34-27(35)20-32-29(36)28(22-9-3-1-4-10-22)23-11-5-2-6-12-23/h1-19,28H,20H2,(H,32,36)(H,34,35). The van der Waals surface area contributed by atoms with Crippen LogP contribution in [0.4, 0.5) is 0 Å². The van der Waals surface area contributed by atoms with Crippen molar-refractivity contribution in [3.63, 3.8) is 0 Å². The second-order valence-electron chi connectivity index (χ2n) is 8.20. The minimum atomic E-state index is -0.535. The van der Waals surface area contributed by atoms with Crippen LogP contribution in [0.1, 0.15) is 33.0 Å². The number of carbonyl (C=O) groups is 3. The molecule has 4 aromatic carbocycles. The Morgan fingerprint density at radius 1 is 0.789 bits per heavy atom. The first-order valence-electron chi connectivity index (χ1n) is 11.8. The maximum Gasteiger partial charge on any atom is 0.344 e. The van der Waals surface area contributed by atoms with Gasteiger partial charge in [-0.2, -0.15) is 5.10 Å². The van der Waals surface area contributed by atoms with Gasteiger partial charge >= 0.3 is 5.97 Å². The Hall–Kier alpha value is -4.31. The number of hydrogen-bond acceptors (Lipinski definition) is 5. The summed E-state index contributed by atoms with van der Waals surface area (Å²) in [7, 11) is 0. The molecule has 0 aliphatic heterocycles. The Morgan fingerprint density at radius 3 is 1.97 bits per heavy atom. The fourth-order valence-corrected chi connectivity index (χ4v) is 4.29. The third kappa shape index (κ3) is 7.36. The van der Waals surface area contributed by atoms with Crippen LogP contribution in [0, 0.1) is 3.57 Å². The van der Waals surface area contributed by atoms with Crippen LogP contribution in [0.3, 0.4) is 0 Å². The number of hydrogen-bond donors (Lipinski definition) is 2. The van der Waals surface area contributed by atoms with Crippen LogP contribution < -0.4 is 15.5 Å². The van der Waals surface area contributed by atoms with E-state index in [2.05, 4.69) is 38.4 Å². The number of amides is 2. The number of esters is 1. The predicted octanol–water partition coefficient (Wildman–Crippen LogP) is 4.91. The van der Waals surface area contributed by atoms with Gasteiger partial charge < -0.3 is 10.1 Å². The Kier molecular flexibility index (Phi) is 9.36. The van der Waals surface area contributed by atoms with Gasteiger partial charge in [0.15, 0.2) is 0 Å². The predicted molar refractivity (Wildman–Crippen MR) is 154 cm³/mol. The van der Waals surface area contributed by atoms with Crippen molar-refractivity contribution in [3.8, 4) is 5.75 Å². The summed E-state index contributed by atoms with van der Waals surface area (Å²) >= 11 is 2.09. The van der Waals surface area contributed by atoms with Crippen LogP contribution in [0.5, 0.6) is 5.75 Å². The van der Waals surface area contributed by atoms with Crippen molar-refractivity contribution < 1.29 is 19.1 Å². The van der Waals surface area contributed by atoms with Gasteiger partial charge in [-0.05, 0) is 75.7 Å². The van der Waals surface area contributed by atoms with Crippen molar-refractivity contribution in [1.82, 2.24) is 10.7 Å². The van der Waals surface area contributed by atoms with Gasteiger partial charge in [0.25, 0.3) is 5.91 Å². The fourth-order valence-electron chi connectivity index (χ4n) is 3.68. The summed E-state index contributed by atoms with van der Waals surface area (Å²) < 4.78 is 6.23. The van der Waals surface area contributed by atoms with Gasteiger partial charge in [-0.3, -0.25) is 9.59 Å².